The van der Waals surface area contributed by atoms with Crippen molar-refractivity contribution >= 4 is 21.8 Å². The number of rotatable bonds is 2. The molecule has 0 bridgehead atoms. The third-order valence-electron chi connectivity index (χ3n) is 3.75. The van der Waals surface area contributed by atoms with Crippen LogP contribution in [-0.2, 0) is 0 Å². The van der Waals surface area contributed by atoms with Crippen LogP contribution in [0.5, 0.6) is 0 Å². The standard InChI is InChI=1S/C18H20N2/c1-11(2)16-17(12(3)4)19-10-14-9-13-7-5-6-8-15(13)20-18(14)16/h5-12H,1-4H3. The first kappa shape index (κ1) is 13.0. The van der Waals surface area contributed by atoms with E-state index in [4.69, 9.17) is 9.97 Å². The Morgan fingerprint density at radius 2 is 1.65 bits per heavy atom. The lowest BCUT2D eigenvalue weighted by Crippen LogP contribution is -2.04. The van der Waals surface area contributed by atoms with Gasteiger partial charge in [-0.25, -0.2) is 4.98 Å². The van der Waals surface area contributed by atoms with E-state index in [2.05, 4.69) is 52.0 Å². The molecule has 2 heteroatoms. The summed E-state index contributed by atoms with van der Waals surface area (Å²) in [6.07, 6.45) is 1.97. The normalized spacial score (nSPS) is 11.9. The van der Waals surface area contributed by atoms with Crippen molar-refractivity contribution in [3.05, 3.63) is 47.8 Å². The molecule has 0 aliphatic carbocycles. The molecule has 0 aliphatic rings. The lowest BCUT2D eigenvalue weighted by atomic mass is 9.93. The van der Waals surface area contributed by atoms with Gasteiger partial charge in [0, 0.05) is 28.2 Å². The van der Waals surface area contributed by atoms with E-state index in [1.807, 2.05) is 12.3 Å². The van der Waals surface area contributed by atoms with Crippen LogP contribution in [0.4, 0.5) is 0 Å². The second-order valence-electron chi connectivity index (χ2n) is 5.99. The number of hydrogen-bond acceptors (Lipinski definition) is 2. The second kappa shape index (κ2) is 4.86. The monoisotopic (exact) mass is 264 g/mol. The van der Waals surface area contributed by atoms with E-state index in [1.54, 1.807) is 0 Å². The van der Waals surface area contributed by atoms with Gasteiger partial charge in [0.25, 0.3) is 0 Å². The van der Waals surface area contributed by atoms with E-state index in [0.29, 0.717) is 11.8 Å². The van der Waals surface area contributed by atoms with Crippen LogP contribution in [-0.4, -0.2) is 9.97 Å². The van der Waals surface area contributed by atoms with Gasteiger partial charge in [0.15, 0.2) is 0 Å². The fourth-order valence-corrected chi connectivity index (χ4v) is 2.81. The zero-order valence-electron chi connectivity index (χ0n) is 12.5. The maximum Gasteiger partial charge on any atom is 0.0778 e. The molecular weight excluding hydrogens is 244 g/mol. The van der Waals surface area contributed by atoms with Crippen LogP contribution in [0.1, 0.15) is 50.8 Å². The Labute approximate surface area is 119 Å². The number of pyridine rings is 2. The minimum Gasteiger partial charge on any atom is -0.260 e. The predicted octanol–water partition coefficient (Wildman–Crippen LogP) is 5.03. The number of benzene rings is 1. The van der Waals surface area contributed by atoms with Crippen molar-refractivity contribution in [2.24, 2.45) is 0 Å². The molecule has 0 aliphatic heterocycles. The van der Waals surface area contributed by atoms with Gasteiger partial charge < -0.3 is 0 Å². The molecule has 0 spiro atoms. The van der Waals surface area contributed by atoms with Crippen LogP contribution < -0.4 is 0 Å². The Balaban J connectivity index is 2.42. The Hall–Kier alpha value is -1.96. The first-order valence-electron chi connectivity index (χ1n) is 7.26. The van der Waals surface area contributed by atoms with E-state index in [0.717, 1.165) is 16.4 Å². The number of hydrogen-bond donors (Lipinski definition) is 0. The van der Waals surface area contributed by atoms with Crippen molar-refractivity contribution in [3.8, 4) is 0 Å². The molecule has 2 heterocycles. The van der Waals surface area contributed by atoms with Gasteiger partial charge >= 0.3 is 0 Å². The average molecular weight is 264 g/mol. The SMILES string of the molecule is CC(C)c1ncc2cc3ccccc3nc2c1C(C)C. The van der Waals surface area contributed by atoms with Crippen molar-refractivity contribution in [1.29, 1.82) is 0 Å². The molecule has 102 valence electrons. The summed E-state index contributed by atoms with van der Waals surface area (Å²) >= 11 is 0. The highest BCUT2D eigenvalue weighted by molar-refractivity contribution is 5.94. The van der Waals surface area contributed by atoms with Crippen molar-refractivity contribution in [2.75, 3.05) is 0 Å². The Bertz CT molecular complexity index is 773. The maximum atomic E-state index is 4.90. The molecule has 0 amide bonds. The van der Waals surface area contributed by atoms with E-state index >= 15 is 0 Å². The highest BCUT2D eigenvalue weighted by Crippen LogP contribution is 2.31. The first-order chi connectivity index (χ1) is 9.58. The molecule has 3 rings (SSSR count). The summed E-state index contributed by atoms with van der Waals surface area (Å²) in [5, 5.41) is 2.31. The summed E-state index contributed by atoms with van der Waals surface area (Å²) in [7, 11) is 0. The van der Waals surface area contributed by atoms with Crippen LogP contribution in [0, 0.1) is 0 Å². The molecule has 2 nitrogen and oxygen atoms in total. The molecule has 2 aromatic heterocycles. The van der Waals surface area contributed by atoms with Crippen molar-refractivity contribution in [3.63, 3.8) is 0 Å². The fraction of sp³-hybridized carbons (Fsp3) is 0.333. The smallest absolute Gasteiger partial charge is 0.0778 e. The summed E-state index contributed by atoms with van der Waals surface area (Å²) in [6, 6.07) is 10.5. The molecule has 20 heavy (non-hydrogen) atoms. The molecule has 3 aromatic rings. The van der Waals surface area contributed by atoms with E-state index in [9.17, 15) is 0 Å². The summed E-state index contributed by atoms with van der Waals surface area (Å²) < 4.78 is 0. The zero-order valence-corrected chi connectivity index (χ0v) is 12.5. The topological polar surface area (TPSA) is 25.8 Å². The fourth-order valence-electron chi connectivity index (χ4n) is 2.81. The number of para-hydroxylation sites is 1. The van der Waals surface area contributed by atoms with Crippen LogP contribution in [0.3, 0.4) is 0 Å². The minimum absolute atomic E-state index is 0.421. The van der Waals surface area contributed by atoms with E-state index < -0.39 is 0 Å². The Morgan fingerprint density at radius 1 is 0.900 bits per heavy atom. The average Bonchev–Trinajstić information content (AvgIpc) is 2.43. The third kappa shape index (κ3) is 2.05. The van der Waals surface area contributed by atoms with Crippen molar-refractivity contribution in [1.82, 2.24) is 9.97 Å². The Kier molecular flexibility index (Phi) is 3.17. The molecule has 0 atom stereocenters. The summed E-state index contributed by atoms with van der Waals surface area (Å²) in [6.45, 7) is 8.83. The maximum absolute atomic E-state index is 4.90. The van der Waals surface area contributed by atoms with Gasteiger partial charge in [-0.15, -0.1) is 0 Å². The van der Waals surface area contributed by atoms with Gasteiger partial charge in [-0.05, 0) is 24.0 Å². The van der Waals surface area contributed by atoms with E-state index in [1.165, 1.54) is 16.6 Å². The largest absolute Gasteiger partial charge is 0.260 e. The van der Waals surface area contributed by atoms with Crippen LogP contribution in [0.2, 0.25) is 0 Å². The van der Waals surface area contributed by atoms with Crippen LogP contribution in [0.25, 0.3) is 21.8 Å². The molecule has 0 radical (unpaired) electrons. The summed E-state index contributed by atoms with van der Waals surface area (Å²) in [5.74, 6) is 0.849. The molecule has 0 saturated carbocycles. The van der Waals surface area contributed by atoms with Gasteiger partial charge in [-0.1, -0.05) is 45.9 Å². The number of nitrogens with zero attached hydrogens (tertiary/aromatic N) is 2. The number of fused-ring (bicyclic) bond motifs is 2. The third-order valence-corrected chi connectivity index (χ3v) is 3.75. The lowest BCUT2D eigenvalue weighted by Gasteiger charge is -2.17. The van der Waals surface area contributed by atoms with Gasteiger partial charge in [-0.2, -0.15) is 0 Å². The van der Waals surface area contributed by atoms with Gasteiger partial charge in [0.1, 0.15) is 0 Å². The van der Waals surface area contributed by atoms with Crippen LogP contribution >= 0.6 is 0 Å². The molecule has 0 saturated heterocycles. The Morgan fingerprint density at radius 3 is 2.35 bits per heavy atom. The highest BCUT2D eigenvalue weighted by atomic mass is 14.7. The van der Waals surface area contributed by atoms with E-state index in [-0.39, 0.29) is 0 Å². The number of aromatic nitrogens is 2. The minimum atomic E-state index is 0.421. The summed E-state index contributed by atoms with van der Waals surface area (Å²) in [5.41, 5.74) is 4.64. The molecule has 0 unspecified atom stereocenters. The van der Waals surface area contributed by atoms with Gasteiger partial charge in [0.2, 0.25) is 0 Å². The quantitative estimate of drug-likeness (QED) is 0.607. The molecule has 0 fully saturated rings. The molecule has 1 aromatic carbocycles. The molecular formula is C18H20N2. The second-order valence-corrected chi connectivity index (χ2v) is 5.99. The highest BCUT2D eigenvalue weighted by Gasteiger charge is 2.16. The van der Waals surface area contributed by atoms with Gasteiger partial charge in [0.05, 0.1) is 11.0 Å². The first-order valence-corrected chi connectivity index (χ1v) is 7.26. The van der Waals surface area contributed by atoms with Gasteiger partial charge in [-0.3, -0.25) is 4.98 Å². The van der Waals surface area contributed by atoms with Crippen molar-refractivity contribution < 1.29 is 0 Å². The lowest BCUT2D eigenvalue weighted by molar-refractivity contribution is 0.764. The van der Waals surface area contributed by atoms with Crippen molar-refractivity contribution in [2.45, 2.75) is 39.5 Å². The molecule has 0 N–H and O–H groups in total. The zero-order chi connectivity index (χ0) is 14.3. The predicted molar refractivity (Wildman–Crippen MR) is 85.2 cm³/mol. The summed E-state index contributed by atoms with van der Waals surface area (Å²) in [4.78, 5) is 9.60. The van der Waals surface area contributed by atoms with Crippen LogP contribution in [0.15, 0.2) is 36.5 Å².